The van der Waals surface area contributed by atoms with Crippen molar-refractivity contribution in [3.05, 3.63) is 11.9 Å². The molecule has 0 aliphatic heterocycles. The number of rotatable bonds is 6. The molecule has 8 heteroatoms. The molecule has 0 unspecified atom stereocenters. The van der Waals surface area contributed by atoms with Crippen LogP contribution in [0.1, 0.15) is 5.69 Å². The van der Waals surface area contributed by atoms with E-state index in [4.69, 9.17) is 11.6 Å². The fraction of sp³-hybridized carbons (Fsp3) is 0.750. The standard InChI is InChI=1S/C8H11ClF3N3O/c9-2-1-7-5-15(14-13-7)3-4-16-6-8(10,11)12/h5H,1-4,6H2. The molecule has 0 radical (unpaired) electrons. The summed E-state index contributed by atoms with van der Waals surface area (Å²) >= 11 is 5.50. The fourth-order valence-electron chi connectivity index (χ4n) is 1.01. The molecular weight excluding hydrogens is 247 g/mol. The molecule has 92 valence electrons. The lowest BCUT2D eigenvalue weighted by Gasteiger charge is -2.06. The van der Waals surface area contributed by atoms with Gasteiger partial charge in [-0.05, 0) is 0 Å². The summed E-state index contributed by atoms with van der Waals surface area (Å²) in [5.41, 5.74) is 0.714. The molecule has 0 aliphatic rings. The third-order valence-electron chi connectivity index (χ3n) is 1.67. The van der Waals surface area contributed by atoms with Gasteiger partial charge in [0.1, 0.15) is 6.61 Å². The molecule has 1 rings (SSSR count). The van der Waals surface area contributed by atoms with Crippen molar-refractivity contribution >= 4 is 11.6 Å². The van der Waals surface area contributed by atoms with Gasteiger partial charge in [-0.2, -0.15) is 13.2 Å². The largest absolute Gasteiger partial charge is 0.411 e. The van der Waals surface area contributed by atoms with Crippen LogP contribution < -0.4 is 0 Å². The van der Waals surface area contributed by atoms with E-state index < -0.39 is 12.8 Å². The van der Waals surface area contributed by atoms with E-state index in [1.807, 2.05) is 0 Å². The maximum atomic E-state index is 11.7. The van der Waals surface area contributed by atoms with Gasteiger partial charge >= 0.3 is 6.18 Å². The maximum Gasteiger partial charge on any atom is 0.411 e. The Kier molecular flexibility index (Phi) is 5.01. The van der Waals surface area contributed by atoms with Crippen LogP contribution >= 0.6 is 11.6 Å². The minimum absolute atomic E-state index is 0.0524. The SMILES string of the molecule is FC(F)(F)COCCn1cc(CCCl)nn1. The summed E-state index contributed by atoms with van der Waals surface area (Å²) in [6, 6.07) is 0. The van der Waals surface area contributed by atoms with Crippen molar-refractivity contribution in [1.29, 1.82) is 0 Å². The van der Waals surface area contributed by atoms with Crippen molar-refractivity contribution < 1.29 is 17.9 Å². The van der Waals surface area contributed by atoms with Gasteiger partial charge in [0.2, 0.25) is 0 Å². The van der Waals surface area contributed by atoms with Crippen LogP contribution in [0.15, 0.2) is 6.20 Å². The normalized spacial score (nSPS) is 12.0. The lowest BCUT2D eigenvalue weighted by Crippen LogP contribution is -2.19. The third kappa shape index (κ3) is 5.32. The van der Waals surface area contributed by atoms with E-state index in [1.54, 1.807) is 6.20 Å². The predicted molar refractivity (Wildman–Crippen MR) is 51.3 cm³/mol. The number of ether oxygens (including phenoxy) is 1. The van der Waals surface area contributed by atoms with Crippen LogP contribution in [0, 0.1) is 0 Å². The fourth-order valence-corrected chi connectivity index (χ4v) is 1.20. The number of hydrogen-bond acceptors (Lipinski definition) is 3. The zero-order chi connectivity index (χ0) is 12.0. The molecule has 0 N–H and O–H groups in total. The number of alkyl halides is 4. The van der Waals surface area contributed by atoms with Crippen molar-refractivity contribution in [2.75, 3.05) is 19.1 Å². The average Bonchev–Trinajstić information content (AvgIpc) is 2.60. The zero-order valence-electron chi connectivity index (χ0n) is 8.37. The van der Waals surface area contributed by atoms with Gasteiger partial charge in [-0.15, -0.1) is 16.7 Å². The van der Waals surface area contributed by atoms with Gasteiger partial charge in [-0.1, -0.05) is 5.21 Å². The molecule has 0 aliphatic carbocycles. The first-order chi connectivity index (χ1) is 7.51. The molecule has 0 saturated carbocycles. The van der Waals surface area contributed by atoms with E-state index in [1.165, 1.54) is 4.68 Å². The van der Waals surface area contributed by atoms with Gasteiger partial charge in [-0.3, -0.25) is 0 Å². The van der Waals surface area contributed by atoms with Gasteiger partial charge in [-0.25, -0.2) is 4.68 Å². The third-order valence-corrected chi connectivity index (χ3v) is 1.86. The van der Waals surface area contributed by atoms with Gasteiger partial charge < -0.3 is 4.74 Å². The number of aromatic nitrogens is 3. The highest BCUT2D eigenvalue weighted by molar-refractivity contribution is 6.17. The average molecular weight is 258 g/mol. The van der Waals surface area contributed by atoms with E-state index in [0.29, 0.717) is 18.0 Å². The molecule has 0 bridgehead atoms. The molecule has 0 saturated heterocycles. The number of halogens is 4. The molecule has 0 aromatic carbocycles. The van der Waals surface area contributed by atoms with E-state index >= 15 is 0 Å². The highest BCUT2D eigenvalue weighted by Gasteiger charge is 2.27. The minimum Gasteiger partial charge on any atom is -0.370 e. The Hall–Kier alpha value is -0.820. The molecule has 4 nitrogen and oxygen atoms in total. The van der Waals surface area contributed by atoms with Crippen LogP contribution in [-0.4, -0.2) is 40.3 Å². The summed E-state index contributed by atoms with van der Waals surface area (Å²) in [7, 11) is 0. The van der Waals surface area contributed by atoms with E-state index in [0.717, 1.165) is 0 Å². The van der Waals surface area contributed by atoms with Crippen molar-refractivity contribution in [2.45, 2.75) is 19.1 Å². The predicted octanol–water partition coefficient (Wildman–Crippen LogP) is 1.64. The number of hydrogen-bond donors (Lipinski definition) is 0. The summed E-state index contributed by atoms with van der Waals surface area (Å²) in [5.74, 6) is 0.434. The molecule has 0 amide bonds. The number of nitrogens with zero attached hydrogens (tertiary/aromatic N) is 3. The minimum atomic E-state index is -4.29. The monoisotopic (exact) mass is 257 g/mol. The van der Waals surface area contributed by atoms with Gasteiger partial charge in [0.15, 0.2) is 0 Å². The van der Waals surface area contributed by atoms with Gasteiger partial charge in [0.25, 0.3) is 0 Å². The Balaban J connectivity index is 2.21. The highest BCUT2D eigenvalue weighted by atomic mass is 35.5. The van der Waals surface area contributed by atoms with Crippen LogP contribution in [0.25, 0.3) is 0 Å². The first-order valence-corrected chi connectivity index (χ1v) is 5.14. The smallest absolute Gasteiger partial charge is 0.370 e. The van der Waals surface area contributed by atoms with Crippen molar-refractivity contribution in [1.82, 2.24) is 15.0 Å². The van der Waals surface area contributed by atoms with Crippen LogP contribution in [0.3, 0.4) is 0 Å². The van der Waals surface area contributed by atoms with E-state index in [9.17, 15) is 13.2 Å². The Bertz CT molecular complexity index is 316. The summed E-state index contributed by atoms with van der Waals surface area (Å²) in [4.78, 5) is 0. The van der Waals surface area contributed by atoms with Crippen molar-refractivity contribution in [2.24, 2.45) is 0 Å². The number of aryl methyl sites for hydroxylation is 1. The lowest BCUT2D eigenvalue weighted by atomic mass is 10.4. The molecule has 0 spiro atoms. The second kappa shape index (κ2) is 6.05. The van der Waals surface area contributed by atoms with Crippen LogP contribution in [0.5, 0.6) is 0 Å². The molecular formula is C8H11ClF3N3O. The Labute approximate surface area is 95.3 Å². The topological polar surface area (TPSA) is 39.9 Å². The molecule has 1 heterocycles. The Morgan fingerprint density at radius 1 is 1.44 bits per heavy atom. The quantitative estimate of drug-likeness (QED) is 0.575. The van der Waals surface area contributed by atoms with Crippen LogP contribution in [0.4, 0.5) is 13.2 Å². The molecule has 1 aromatic rings. The highest BCUT2D eigenvalue weighted by Crippen LogP contribution is 2.14. The van der Waals surface area contributed by atoms with Crippen molar-refractivity contribution in [3.63, 3.8) is 0 Å². The Morgan fingerprint density at radius 2 is 2.19 bits per heavy atom. The summed E-state index contributed by atoms with van der Waals surface area (Å²) in [6.45, 7) is -1.05. The second-order valence-corrected chi connectivity index (χ2v) is 3.46. The van der Waals surface area contributed by atoms with Gasteiger partial charge in [0, 0.05) is 18.5 Å². The first kappa shape index (κ1) is 13.2. The lowest BCUT2D eigenvalue weighted by molar-refractivity contribution is -0.174. The van der Waals surface area contributed by atoms with Crippen LogP contribution in [0.2, 0.25) is 0 Å². The molecule has 16 heavy (non-hydrogen) atoms. The van der Waals surface area contributed by atoms with E-state index in [2.05, 4.69) is 15.0 Å². The van der Waals surface area contributed by atoms with E-state index in [-0.39, 0.29) is 13.2 Å². The molecule has 0 atom stereocenters. The second-order valence-electron chi connectivity index (χ2n) is 3.08. The zero-order valence-corrected chi connectivity index (χ0v) is 9.13. The molecule has 1 aromatic heterocycles. The van der Waals surface area contributed by atoms with Crippen molar-refractivity contribution in [3.8, 4) is 0 Å². The van der Waals surface area contributed by atoms with Crippen LogP contribution in [-0.2, 0) is 17.7 Å². The molecule has 0 fully saturated rings. The summed E-state index contributed by atoms with van der Waals surface area (Å²) in [5, 5.41) is 7.50. The summed E-state index contributed by atoms with van der Waals surface area (Å²) < 4.78 is 41.0. The summed E-state index contributed by atoms with van der Waals surface area (Å²) in [6.07, 6.45) is -2.06. The Morgan fingerprint density at radius 3 is 2.81 bits per heavy atom. The first-order valence-electron chi connectivity index (χ1n) is 4.61. The van der Waals surface area contributed by atoms with Gasteiger partial charge in [0.05, 0.1) is 18.8 Å². The maximum absolute atomic E-state index is 11.7.